The van der Waals surface area contributed by atoms with Crippen molar-refractivity contribution >= 4 is 12.1 Å². The molecule has 5 nitrogen and oxygen atoms in total. The molecule has 1 amide bonds. The molecule has 0 unspecified atom stereocenters. The molecule has 1 aromatic rings. The zero-order chi connectivity index (χ0) is 19.7. The molecule has 0 fully saturated rings. The van der Waals surface area contributed by atoms with Crippen LogP contribution in [0.3, 0.4) is 0 Å². The number of nitrogens with zero attached hydrogens (tertiary/aromatic N) is 1. The number of amides is 1. The van der Waals surface area contributed by atoms with Gasteiger partial charge >= 0.3 is 12.1 Å². The van der Waals surface area contributed by atoms with E-state index in [0.717, 1.165) is 5.56 Å². The normalized spacial score (nSPS) is 12.0. The third-order valence-electron chi connectivity index (χ3n) is 3.50. The van der Waals surface area contributed by atoms with Crippen LogP contribution < -0.4 is 0 Å². The second-order valence-electron chi connectivity index (χ2n) is 6.88. The van der Waals surface area contributed by atoms with Crippen LogP contribution in [0.1, 0.15) is 45.7 Å². The minimum absolute atomic E-state index is 0.0150. The minimum atomic E-state index is -0.657. The molecule has 0 bridgehead atoms. The number of benzene rings is 1. The second-order valence-corrected chi connectivity index (χ2v) is 6.88. The number of esters is 1. The first kappa shape index (κ1) is 21.5. The Morgan fingerprint density at radius 1 is 1.23 bits per heavy atom. The summed E-state index contributed by atoms with van der Waals surface area (Å²) < 4.78 is 10.5. The first-order chi connectivity index (χ1) is 12.2. The van der Waals surface area contributed by atoms with Crippen LogP contribution in [0.5, 0.6) is 0 Å². The fourth-order valence-corrected chi connectivity index (χ4v) is 2.40. The van der Waals surface area contributed by atoms with E-state index < -0.39 is 17.7 Å². The molecule has 1 atom stereocenters. The van der Waals surface area contributed by atoms with Gasteiger partial charge in [-0.05, 0) is 39.7 Å². The number of ether oxygens (including phenoxy) is 2. The quantitative estimate of drug-likeness (QED) is 0.385. The fraction of sp³-hybridized carbons (Fsp3) is 0.429. The monoisotopic (exact) mass is 359 g/mol. The maximum Gasteiger partial charge on any atom is 0.411 e. The van der Waals surface area contributed by atoms with Crippen molar-refractivity contribution in [2.75, 3.05) is 13.2 Å². The Labute approximate surface area is 156 Å². The summed E-state index contributed by atoms with van der Waals surface area (Å²) in [5.41, 5.74) is 0.466. The average molecular weight is 359 g/mol. The van der Waals surface area contributed by atoms with Gasteiger partial charge in [-0.3, -0.25) is 4.90 Å². The maximum absolute atomic E-state index is 12.8. The molecule has 0 spiro atoms. The molecule has 0 N–H and O–H groups in total. The van der Waals surface area contributed by atoms with Crippen LogP contribution >= 0.6 is 0 Å². The number of hydrogen-bond donors (Lipinski definition) is 0. The van der Waals surface area contributed by atoms with E-state index in [1.54, 1.807) is 33.8 Å². The maximum atomic E-state index is 12.8. The number of carbonyl (C=O) groups excluding carboxylic acids is 2. The topological polar surface area (TPSA) is 55.8 Å². The van der Waals surface area contributed by atoms with Gasteiger partial charge in [-0.1, -0.05) is 43.0 Å². The van der Waals surface area contributed by atoms with E-state index in [9.17, 15) is 9.59 Å². The second kappa shape index (κ2) is 9.80. The van der Waals surface area contributed by atoms with Crippen LogP contribution in [-0.2, 0) is 14.3 Å². The SMILES string of the molecule is C=CC[C@@H](c1ccccc1)N(CC(=C)C(=O)OCC)C(=O)OC(C)(C)C. The van der Waals surface area contributed by atoms with Crippen LogP contribution in [0.2, 0.25) is 0 Å². The molecular weight excluding hydrogens is 330 g/mol. The molecule has 0 aliphatic heterocycles. The standard InChI is InChI=1S/C21H29NO4/c1-7-12-18(17-13-10-9-11-14-17)22(20(24)26-21(4,5)6)15-16(3)19(23)25-8-2/h7,9-11,13-14,18H,1,3,8,12,15H2,2,4-6H3/t18-/m0/s1. The highest BCUT2D eigenvalue weighted by Crippen LogP contribution is 2.27. The Balaban J connectivity index is 3.18. The van der Waals surface area contributed by atoms with Gasteiger partial charge in [0.25, 0.3) is 0 Å². The molecule has 0 aromatic heterocycles. The van der Waals surface area contributed by atoms with Gasteiger partial charge in [-0.25, -0.2) is 9.59 Å². The van der Waals surface area contributed by atoms with Gasteiger partial charge in [-0.15, -0.1) is 6.58 Å². The van der Waals surface area contributed by atoms with Crippen molar-refractivity contribution in [2.24, 2.45) is 0 Å². The Bertz CT molecular complexity index is 631. The molecule has 5 heteroatoms. The highest BCUT2D eigenvalue weighted by Gasteiger charge is 2.30. The summed E-state index contributed by atoms with van der Waals surface area (Å²) in [6.07, 6.45) is 1.74. The predicted molar refractivity (Wildman–Crippen MR) is 103 cm³/mol. The van der Waals surface area contributed by atoms with Gasteiger partial charge in [0.1, 0.15) is 5.60 Å². The lowest BCUT2D eigenvalue weighted by atomic mass is 10.0. The van der Waals surface area contributed by atoms with Crippen LogP contribution in [0.4, 0.5) is 4.79 Å². The predicted octanol–water partition coefficient (Wildman–Crippen LogP) is 4.66. The third-order valence-corrected chi connectivity index (χ3v) is 3.50. The lowest BCUT2D eigenvalue weighted by Crippen LogP contribution is -2.41. The lowest BCUT2D eigenvalue weighted by Gasteiger charge is -2.33. The van der Waals surface area contributed by atoms with Crippen LogP contribution in [-0.4, -0.2) is 35.7 Å². The largest absolute Gasteiger partial charge is 0.463 e. The van der Waals surface area contributed by atoms with Crippen molar-refractivity contribution in [3.63, 3.8) is 0 Å². The van der Waals surface area contributed by atoms with E-state index in [4.69, 9.17) is 9.47 Å². The van der Waals surface area contributed by atoms with Crippen molar-refractivity contribution in [3.05, 3.63) is 60.7 Å². The number of carbonyl (C=O) groups is 2. The lowest BCUT2D eigenvalue weighted by molar-refractivity contribution is -0.138. The molecule has 142 valence electrons. The zero-order valence-electron chi connectivity index (χ0n) is 16.2. The summed E-state index contributed by atoms with van der Waals surface area (Å²) in [7, 11) is 0. The van der Waals surface area contributed by atoms with E-state index in [0.29, 0.717) is 6.42 Å². The smallest absolute Gasteiger partial charge is 0.411 e. The Morgan fingerprint density at radius 3 is 2.35 bits per heavy atom. The van der Waals surface area contributed by atoms with E-state index in [1.165, 1.54) is 4.90 Å². The van der Waals surface area contributed by atoms with E-state index in [-0.39, 0.29) is 24.8 Å². The van der Waals surface area contributed by atoms with Gasteiger partial charge in [0, 0.05) is 5.57 Å². The van der Waals surface area contributed by atoms with Gasteiger partial charge in [0.2, 0.25) is 0 Å². The minimum Gasteiger partial charge on any atom is -0.463 e. The van der Waals surface area contributed by atoms with E-state index in [1.807, 2.05) is 30.3 Å². The molecule has 0 saturated carbocycles. The van der Waals surface area contributed by atoms with Crippen LogP contribution in [0, 0.1) is 0 Å². The van der Waals surface area contributed by atoms with Crippen LogP contribution in [0.15, 0.2) is 55.1 Å². The molecule has 1 rings (SSSR count). The van der Waals surface area contributed by atoms with E-state index >= 15 is 0 Å². The molecular formula is C21H29NO4. The number of rotatable bonds is 8. The first-order valence-corrected chi connectivity index (χ1v) is 8.70. The van der Waals surface area contributed by atoms with E-state index in [2.05, 4.69) is 13.2 Å². The molecule has 1 aromatic carbocycles. The fourth-order valence-electron chi connectivity index (χ4n) is 2.40. The van der Waals surface area contributed by atoms with Gasteiger partial charge < -0.3 is 9.47 Å². The summed E-state index contributed by atoms with van der Waals surface area (Å²) in [5, 5.41) is 0. The zero-order valence-corrected chi connectivity index (χ0v) is 16.2. The summed E-state index contributed by atoms with van der Waals surface area (Å²) in [6, 6.07) is 9.24. The van der Waals surface area contributed by atoms with Crippen molar-refractivity contribution < 1.29 is 19.1 Å². The summed E-state index contributed by atoms with van der Waals surface area (Å²) >= 11 is 0. The van der Waals surface area contributed by atoms with Gasteiger partial charge in [-0.2, -0.15) is 0 Å². The molecule has 0 saturated heterocycles. The summed E-state index contributed by atoms with van der Waals surface area (Å²) in [5.74, 6) is -0.522. The highest BCUT2D eigenvalue weighted by atomic mass is 16.6. The van der Waals surface area contributed by atoms with Gasteiger partial charge in [0.05, 0.1) is 19.2 Å². The highest BCUT2D eigenvalue weighted by molar-refractivity contribution is 5.89. The van der Waals surface area contributed by atoms with Crippen molar-refractivity contribution in [1.82, 2.24) is 4.90 Å². The van der Waals surface area contributed by atoms with Crippen molar-refractivity contribution in [1.29, 1.82) is 0 Å². The first-order valence-electron chi connectivity index (χ1n) is 8.70. The van der Waals surface area contributed by atoms with Crippen molar-refractivity contribution in [2.45, 2.75) is 45.8 Å². The number of hydrogen-bond acceptors (Lipinski definition) is 4. The summed E-state index contributed by atoms with van der Waals surface area (Å²) in [4.78, 5) is 26.3. The molecule has 26 heavy (non-hydrogen) atoms. The Hall–Kier alpha value is -2.56. The molecule has 0 aliphatic carbocycles. The average Bonchev–Trinajstić information content (AvgIpc) is 2.57. The van der Waals surface area contributed by atoms with Crippen molar-refractivity contribution in [3.8, 4) is 0 Å². The van der Waals surface area contributed by atoms with Crippen LogP contribution in [0.25, 0.3) is 0 Å². The Morgan fingerprint density at radius 2 is 1.85 bits per heavy atom. The van der Waals surface area contributed by atoms with Gasteiger partial charge in [0.15, 0.2) is 0 Å². The third kappa shape index (κ3) is 6.75. The molecule has 0 heterocycles. The Kier molecular flexibility index (Phi) is 8.10. The summed E-state index contributed by atoms with van der Waals surface area (Å²) in [6.45, 7) is 15.0. The molecule has 0 aliphatic rings. The molecule has 0 radical (unpaired) electrons.